The van der Waals surface area contributed by atoms with Crippen LogP contribution in [0.3, 0.4) is 0 Å². The van der Waals surface area contributed by atoms with E-state index in [1.54, 1.807) is 0 Å². The van der Waals surface area contributed by atoms with E-state index in [0.29, 0.717) is 0 Å². The molecule has 39 heavy (non-hydrogen) atoms. The van der Waals surface area contributed by atoms with Gasteiger partial charge in [0.05, 0.1) is 0 Å². The van der Waals surface area contributed by atoms with Gasteiger partial charge < -0.3 is 14.7 Å². The Morgan fingerprint density at radius 3 is 1.79 bits per heavy atom. The van der Waals surface area contributed by atoms with E-state index in [1.165, 1.54) is 136 Å². The van der Waals surface area contributed by atoms with E-state index < -0.39 is 0 Å². The lowest BCUT2D eigenvalue weighted by molar-refractivity contribution is 0.0332. The average Bonchev–Trinajstić information content (AvgIpc) is 3.33. The number of piperidine rings is 1. The summed E-state index contributed by atoms with van der Waals surface area (Å²) in [6.07, 6.45) is 19.5. The fourth-order valence-corrected chi connectivity index (χ4v) is 9.79. The Kier molecular flexibility index (Phi) is 9.68. The lowest BCUT2D eigenvalue weighted by Gasteiger charge is -2.46. The maximum atomic E-state index is 3.01. The van der Waals surface area contributed by atoms with Crippen molar-refractivity contribution in [3.05, 3.63) is 0 Å². The highest BCUT2D eigenvalue weighted by molar-refractivity contribution is 4.92. The van der Waals surface area contributed by atoms with Crippen molar-refractivity contribution in [3.8, 4) is 0 Å². The molecule has 6 rings (SSSR count). The first kappa shape index (κ1) is 29.0. The highest BCUT2D eigenvalue weighted by Gasteiger charge is 2.39. The molecule has 3 saturated heterocycles. The van der Waals surface area contributed by atoms with Crippen LogP contribution in [0, 0.1) is 59.2 Å². The van der Waals surface area contributed by atoms with Crippen LogP contribution in [0.25, 0.3) is 0 Å². The average molecular weight is 540 g/mol. The minimum Gasteiger partial charge on any atom is -0.303 e. The Bertz CT molecular complexity index is 752. The van der Waals surface area contributed by atoms with Crippen molar-refractivity contribution in [1.29, 1.82) is 0 Å². The van der Waals surface area contributed by atoms with Crippen LogP contribution in [-0.4, -0.2) is 73.1 Å². The summed E-state index contributed by atoms with van der Waals surface area (Å²) in [7, 11) is 0. The molecule has 6 fully saturated rings. The van der Waals surface area contributed by atoms with E-state index >= 15 is 0 Å². The van der Waals surface area contributed by atoms with E-state index in [4.69, 9.17) is 0 Å². The van der Waals surface area contributed by atoms with Crippen molar-refractivity contribution >= 4 is 0 Å². The predicted octanol–water partition coefficient (Wildman–Crippen LogP) is 7.66. The van der Waals surface area contributed by atoms with Crippen LogP contribution in [0.2, 0.25) is 0 Å². The number of hydrogen-bond acceptors (Lipinski definition) is 3. The molecule has 3 heteroatoms. The van der Waals surface area contributed by atoms with Crippen LogP contribution in [0.15, 0.2) is 0 Å². The van der Waals surface area contributed by atoms with Crippen LogP contribution in [-0.2, 0) is 0 Å². The first-order valence-corrected chi connectivity index (χ1v) is 18.1. The summed E-state index contributed by atoms with van der Waals surface area (Å²) in [6, 6.07) is 0.873. The Morgan fingerprint density at radius 1 is 0.538 bits per heavy atom. The van der Waals surface area contributed by atoms with E-state index in [-0.39, 0.29) is 0 Å². The molecule has 0 radical (unpaired) electrons. The van der Waals surface area contributed by atoms with Crippen LogP contribution < -0.4 is 0 Å². The predicted molar refractivity (Wildman–Crippen MR) is 166 cm³/mol. The normalized spacial score (nSPS) is 38.7. The number of likely N-dealkylation sites (tertiary alicyclic amines) is 3. The summed E-state index contributed by atoms with van der Waals surface area (Å²) in [5, 5.41) is 0. The van der Waals surface area contributed by atoms with E-state index in [0.717, 1.165) is 65.2 Å². The van der Waals surface area contributed by atoms with Gasteiger partial charge >= 0.3 is 0 Å². The van der Waals surface area contributed by atoms with Crippen molar-refractivity contribution in [1.82, 2.24) is 14.7 Å². The second-order valence-electron chi connectivity index (χ2n) is 16.7. The molecule has 0 bridgehead atoms. The van der Waals surface area contributed by atoms with E-state index in [1.807, 2.05) is 0 Å². The SMILES string of the molecule is CC(C)C1CCN(CC2CC(CC(C)C3CCN(CC4CCC4)C(CC(C)C4CCN(CC5CC5)C4)C3)C2)C1. The first-order valence-electron chi connectivity index (χ1n) is 18.1. The van der Waals surface area contributed by atoms with Crippen molar-refractivity contribution in [2.45, 2.75) is 117 Å². The van der Waals surface area contributed by atoms with Crippen molar-refractivity contribution < 1.29 is 0 Å². The molecule has 3 nitrogen and oxygen atoms in total. The third-order valence-electron chi connectivity index (χ3n) is 13.2. The van der Waals surface area contributed by atoms with Gasteiger partial charge in [-0.25, -0.2) is 0 Å². The summed E-state index contributed by atoms with van der Waals surface area (Å²) in [5.74, 6) is 9.76. The quantitative estimate of drug-likeness (QED) is 0.238. The molecule has 224 valence electrons. The number of rotatable bonds is 13. The van der Waals surface area contributed by atoms with Crippen molar-refractivity contribution in [2.75, 3.05) is 52.4 Å². The van der Waals surface area contributed by atoms with E-state index in [2.05, 4.69) is 42.4 Å². The fraction of sp³-hybridized carbons (Fsp3) is 1.00. The topological polar surface area (TPSA) is 9.72 Å². The Morgan fingerprint density at radius 2 is 1.15 bits per heavy atom. The second-order valence-corrected chi connectivity index (χ2v) is 16.7. The van der Waals surface area contributed by atoms with Gasteiger partial charge in [0.1, 0.15) is 0 Å². The van der Waals surface area contributed by atoms with Gasteiger partial charge in [-0.15, -0.1) is 0 Å². The molecule has 6 atom stereocenters. The fourth-order valence-electron chi connectivity index (χ4n) is 9.79. The Balaban J connectivity index is 0.956. The second kappa shape index (κ2) is 13.0. The summed E-state index contributed by atoms with van der Waals surface area (Å²) in [5.41, 5.74) is 0. The zero-order valence-corrected chi connectivity index (χ0v) is 26.5. The molecule has 0 amide bonds. The van der Waals surface area contributed by atoms with Gasteiger partial charge in [0.15, 0.2) is 0 Å². The summed E-state index contributed by atoms with van der Waals surface area (Å²) < 4.78 is 0. The number of hydrogen-bond donors (Lipinski definition) is 0. The smallest absolute Gasteiger partial charge is 0.0101 e. The van der Waals surface area contributed by atoms with Crippen LogP contribution in [0.1, 0.15) is 111 Å². The maximum Gasteiger partial charge on any atom is 0.0101 e. The molecule has 0 spiro atoms. The Labute approximate surface area is 243 Å². The summed E-state index contributed by atoms with van der Waals surface area (Å²) in [4.78, 5) is 8.66. The molecular formula is C36H65N3. The van der Waals surface area contributed by atoms with Gasteiger partial charge in [-0.1, -0.05) is 34.1 Å². The highest BCUT2D eigenvalue weighted by Crippen LogP contribution is 2.44. The zero-order chi connectivity index (χ0) is 26.9. The molecule has 6 unspecified atom stereocenters. The lowest BCUT2D eigenvalue weighted by Crippen LogP contribution is -2.48. The van der Waals surface area contributed by atoms with Gasteiger partial charge in [0.25, 0.3) is 0 Å². The van der Waals surface area contributed by atoms with Crippen molar-refractivity contribution in [2.24, 2.45) is 59.2 Å². The Hall–Kier alpha value is -0.120. The van der Waals surface area contributed by atoms with E-state index in [9.17, 15) is 0 Å². The summed E-state index contributed by atoms with van der Waals surface area (Å²) in [6.45, 7) is 21.4. The van der Waals surface area contributed by atoms with Gasteiger partial charge in [-0.3, -0.25) is 0 Å². The molecular weight excluding hydrogens is 474 g/mol. The van der Waals surface area contributed by atoms with Gasteiger partial charge in [0.2, 0.25) is 0 Å². The third kappa shape index (κ3) is 7.64. The highest BCUT2D eigenvalue weighted by atomic mass is 15.2. The standard InChI is InChI=1S/C36H65N3/c1-26(2)34-10-13-38(24-34)22-32-18-31(19-32)16-27(3)33-12-15-39(23-29-6-5-7-29)36(20-33)17-28(4)35-11-14-37(25-35)21-30-8-9-30/h26-36H,5-25H2,1-4H3. The van der Waals surface area contributed by atoms with Gasteiger partial charge in [-0.05, 0) is 156 Å². The molecule has 0 aromatic rings. The first-order chi connectivity index (χ1) is 18.9. The molecule has 3 aliphatic carbocycles. The van der Waals surface area contributed by atoms with Crippen molar-refractivity contribution in [3.63, 3.8) is 0 Å². The minimum atomic E-state index is 0.872. The molecule has 6 aliphatic rings. The van der Waals surface area contributed by atoms with Gasteiger partial charge in [-0.2, -0.15) is 0 Å². The minimum absolute atomic E-state index is 0.872. The number of nitrogens with zero attached hydrogens (tertiary/aromatic N) is 3. The summed E-state index contributed by atoms with van der Waals surface area (Å²) >= 11 is 0. The van der Waals surface area contributed by atoms with Gasteiger partial charge in [0, 0.05) is 38.8 Å². The largest absolute Gasteiger partial charge is 0.303 e. The monoisotopic (exact) mass is 540 g/mol. The molecule has 3 heterocycles. The molecule has 3 saturated carbocycles. The van der Waals surface area contributed by atoms with Crippen LogP contribution in [0.4, 0.5) is 0 Å². The molecule has 0 N–H and O–H groups in total. The molecule has 3 aliphatic heterocycles. The molecule has 0 aromatic carbocycles. The van der Waals surface area contributed by atoms with Crippen LogP contribution >= 0.6 is 0 Å². The maximum absolute atomic E-state index is 3.01. The lowest BCUT2D eigenvalue weighted by atomic mass is 9.67. The third-order valence-corrected chi connectivity index (χ3v) is 13.2. The van der Waals surface area contributed by atoms with Crippen LogP contribution in [0.5, 0.6) is 0 Å². The molecule has 0 aromatic heterocycles. The zero-order valence-electron chi connectivity index (χ0n) is 26.5.